The molecule has 0 bridgehead atoms. The summed E-state index contributed by atoms with van der Waals surface area (Å²) in [6, 6.07) is 26.7. The predicted molar refractivity (Wildman–Crippen MR) is 314 cm³/mol. The standard InChI is InChI=1S/C25H30N6O3.C21H21N5O3.C14H17N5O2/c1-29-24(32)16-22(21-6-9-26-18-27-21)28-25(29)34-20-7-10-31(11-8-20)23-5-3-2-4-19(23)17-30-12-14-33-15-13-30;1-25-20(28)12-18(17-6-9-22-14-23-17)24-21(25)29-16-7-10-26(11-8-16)19-5-3-2-4-15(19)13-27;1-19-13(20)8-12(11-4-7-16-9-17-11)18-14(19)21-10-2-5-15-6-3-10/h2-6,9,16,18,20H,7-8,10-15,17H2,1H3;2-6,9,12-14,16H,7-8,10-11H2,1H3;4,7-10,15H,2-3,5-6H2,1H3. The Labute approximate surface area is 485 Å². The van der Waals surface area contributed by atoms with Crippen molar-refractivity contribution in [2.45, 2.75) is 63.4 Å². The van der Waals surface area contributed by atoms with Crippen LogP contribution in [0.4, 0.5) is 11.4 Å². The van der Waals surface area contributed by atoms with Gasteiger partial charge in [-0.05, 0) is 67.9 Å². The lowest BCUT2D eigenvalue weighted by atomic mass is 10.0. The van der Waals surface area contributed by atoms with Crippen LogP contribution in [0, 0.1) is 0 Å². The van der Waals surface area contributed by atoms with Crippen molar-refractivity contribution in [1.29, 1.82) is 0 Å². The molecule has 0 amide bonds. The van der Waals surface area contributed by atoms with Crippen LogP contribution in [-0.4, -0.2) is 154 Å². The molecule has 0 unspecified atom stereocenters. The first-order chi connectivity index (χ1) is 41.1. The summed E-state index contributed by atoms with van der Waals surface area (Å²) in [6.45, 7) is 9.65. The van der Waals surface area contributed by atoms with E-state index in [0.29, 0.717) is 51.7 Å². The molecule has 436 valence electrons. The second-order valence-electron chi connectivity index (χ2n) is 20.6. The molecule has 0 radical (unpaired) electrons. The van der Waals surface area contributed by atoms with Crippen molar-refractivity contribution < 1.29 is 23.7 Å². The monoisotopic (exact) mass is 1140 g/mol. The first-order valence-corrected chi connectivity index (χ1v) is 28.2. The van der Waals surface area contributed by atoms with E-state index in [1.54, 1.807) is 57.9 Å². The maximum atomic E-state index is 12.5. The lowest BCUT2D eigenvalue weighted by Gasteiger charge is -2.35. The Hall–Kier alpha value is -9.13. The molecule has 24 heteroatoms. The molecule has 4 aliphatic heterocycles. The molecular weight excluding hydrogens is 1070 g/mol. The van der Waals surface area contributed by atoms with Crippen LogP contribution in [0.5, 0.6) is 18.0 Å². The Morgan fingerprint density at radius 1 is 0.512 bits per heavy atom. The van der Waals surface area contributed by atoms with Crippen molar-refractivity contribution in [1.82, 2.24) is 68.8 Å². The zero-order valence-corrected chi connectivity index (χ0v) is 47.4. The number of para-hydroxylation sites is 2. The van der Waals surface area contributed by atoms with Gasteiger partial charge in [0, 0.05) is 146 Å². The number of benzene rings is 2. The van der Waals surface area contributed by atoms with E-state index in [2.05, 4.69) is 89.1 Å². The fourth-order valence-electron chi connectivity index (χ4n) is 10.2. The summed E-state index contributed by atoms with van der Waals surface area (Å²) in [5.74, 6) is 0. The third kappa shape index (κ3) is 14.9. The molecule has 8 aromatic rings. The van der Waals surface area contributed by atoms with Gasteiger partial charge in [0.1, 0.15) is 37.3 Å². The number of piperidine rings is 3. The Balaban J connectivity index is 0.000000144. The molecule has 2 aromatic carbocycles. The van der Waals surface area contributed by atoms with Crippen molar-refractivity contribution in [3.8, 4) is 52.2 Å². The Kier molecular flexibility index (Phi) is 19.5. The number of ether oxygens (including phenoxy) is 4. The van der Waals surface area contributed by atoms with E-state index in [0.717, 1.165) is 123 Å². The zero-order chi connectivity index (χ0) is 58.2. The molecule has 0 spiro atoms. The second kappa shape index (κ2) is 28.2. The van der Waals surface area contributed by atoms with Gasteiger partial charge in [-0.25, -0.2) is 29.9 Å². The number of hydrogen-bond donors (Lipinski definition) is 1. The fraction of sp³-hybridized carbons (Fsp3) is 0.383. The summed E-state index contributed by atoms with van der Waals surface area (Å²) >= 11 is 0. The largest absolute Gasteiger partial charge is 0.461 e. The number of aromatic nitrogens is 12. The van der Waals surface area contributed by atoms with Gasteiger partial charge in [0.2, 0.25) is 0 Å². The van der Waals surface area contributed by atoms with Gasteiger partial charge in [-0.2, -0.15) is 15.0 Å². The number of morpholine rings is 1. The van der Waals surface area contributed by atoms with E-state index in [4.69, 9.17) is 18.9 Å². The normalized spacial score (nSPS) is 16.1. The molecule has 0 aliphatic carbocycles. The maximum absolute atomic E-state index is 12.5. The smallest absolute Gasteiger partial charge is 0.299 e. The van der Waals surface area contributed by atoms with E-state index >= 15 is 0 Å². The number of rotatable bonds is 14. The van der Waals surface area contributed by atoms with Crippen LogP contribution in [-0.2, 0) is 32.4 Å². The number of hydrogen-bond acceptors (Lipinski definition) is 21. The van der Waals surface area contributed by atoms with Crippen molar-refractivity contribution in [2.24, 2.45) is 21.1 Å². The van der Waals surface area contributed by atoms with Gasteiger partial charge in [0.05, 0.1) is 47.4 Å². The first kappa shape index (κ1) is 58.1. The molecule has 10 heterocycles. The Morgan fingerprint density at radius 2 is 0.917 bits per heavy atom. The highest BCUT2D eigenvalue weighted by atomic mass is 16.5. The second-order valence-corrected chi connectivity index (χ2v) is 20.6. The quantitative estimate of drug-likeness (QED) is 0.146. The van der Waals surface area contributed by atoms with Crippen LogP contribution >= 0.6 is 0 Å². The zero-order valence-electron chi connectivity index (χ0n) is 47.4. The molecule has 0 saturated carbocycles. The van der Waals surface area contributed by atoms with Crippen molar-refractivity contribution in [3.05, 3.63) is 165 Å². The number of aldehydes is 1. The molecule has 84 heavy (non-hydrogen) atoms. The van der Waals surface area contributed by atoms with Gasteiger partial charge >= 0.3 is 0 Å². The van der Waals surface area contributed by atoms with Gasteiger partial charge in [-0.3, -0.25) is 37.8 Å². The molecule has 24 nitrogen and oxygen atoms in total. The summed E-state index contributed by atoms with van der Waals surface area (Å²) in [7, 11) is 4.99. The number of carbonyl (C=O) groups is 1. The SMILES string of the molecule is Cn1c(OC2CCN(c3ccccc3C=O)CC2)nc(-c2ccncn2)cc1=O.Cn1c(OC2CCN(c3ccccc3CN3CCOCC3)CC2)nc(-c2ccncn2)cc1=O.Cn1c(OC2CCNCC2)nc(-c2ccncn2)cc1=O. The van der Waals surface area contributed by atoms with Crippen LogP contribution in [0.15, 0.2) is 137 Å². The highest BCUT2D eigenvalue weighted by Gasteiger charge is 2.27. The van der Waals surface area contributed by atoms with E-state index < -0.39 is 0 Å². The minimum atomic E-state index is -0.207. The average molecular weight is 1140 g/mol. The third-order valence-corrected chi connectivity index (χ3v) is 15.0. The highest BCUT2D eigenvalue weighted by molar-refractivity contribution is 5.84. The van der Waals surface area contributed by atoms with Crippen molar-refractivity contribution in [2.75, 3.05) is 75.4 Å². The number of nitrogens with one attached hydrogen (secondary N) is 1. The van der Waals surface area contributed by atoms with Crippen LogP contribution in [0.25, 0.3) is 34.2 Å². The number of nitrogens with zero attached hydrogens (tertiary/aromatic N) is 15. The molecule has 1 N–H and O–H groups in total. The Bertz CT molecular complexity index is 3620. The van der Waals surface area contributed by atoms with Gasteiger partial charge in [0.25, 0.3) is 34.7 Å². The van der Waals surface area contributed by atoms with Crippen molar-refractivity contribution in [3.63, 3.8) is 0 Å². The molecular formula is C60H68N16O8. The lowest BCUT2D eigenvalue weighted by Crippen LogP contribution is -2.40. The fourth-order valence-corrected chi connectivity index (χ4v) is 10.2. The highest BCUT2D eigenvalue weighted by Crippen LogP contribution is 2.29. The van der Waals surface area contributed by atoms with Gasteiger partial charge in [-0.15, -0.1) is 0 Å². The van der Waals surface area contributed by atoms with E-state index in [1.807, 2.05) is 24.3 Å². The van der Waals surface area contributed by atoms with Gasteiger partial charge < -0.3 is 34.1 Å². The molecule has 4 saturated heterocycles. The summed E-state index contributed by atoms with van der Waals surface area (Å²) in [4.78, 5) is 92.9. The summed E-state index contributed by atoms with van der Waals surface area (Å²) in [5.41, 5.74) is 6.98. The summed E-state index contributed by atoms with van der Waals surface area (Å²) in [6.07, 6.45) is 15.1. The maximum Gasteiger partial charge on any atom is 0.299 e. The molecule has 6 aromatic heterocycles. The predicted octanol–water partition coefficient (Wildman–Crippen LogP) is 4.58. The van der Waals surface area contributed by atoms with Gasteiger partial charge in [-0.1, -0.05) is 30.3 Å². The minimum Gasteiger partial charge on any atom is -0.461 e. The van der Waals surface area contributed by atoms with Crippen LogP contribution in [0.1, 0.15) is 54.4 Å². The first-order valence-electron chi connectivity index (χ1n) is 28.2. The summed E-state index contributed by atoms with van der Waals surface area (Å²) < 4.78 is 28.0. The average Bonchev–Trinajstić information content (AvgIpc) is 3.59. The number of carbonyl (C=O) groups excluding carboxylic acids is 1. The van der Waals surface area contributed by atoms with Gasteiger partial charge in [0.15, 0.2) is 6.29 Å². The Morgan fingerprint density at radius 3 is 1.35 bits per heavy atom. The molecule has 4 aliphatic rings. The molecule has 4 fully saturated rings. The van der Waals surface area contributed by atoms with Crippen LogP contribution in [0.2, 0.25) is 0 Å². The van der Waals surface area contributed by atoms with Crippen LogP contribution < -0.4 is 46.0 Å². The molecule has 12 rings (SSSR count). The third-order valence-electron chi connectivity index (χ3n) is 15.0. The van der Waals surface area contributed by atoms with Crippen molar-refractivity contribution >= 4 is 17.7 Å². The van der Waals surface area contributed by atoms with E-state index in [9.17, 15) is 19.2 Å². The van der Waals surface area contributed by atoms with Crippen LogP contribution in [0.3, 0.4) is 0 Å². The number of anilines is 2. The summed E-state index contributed by atoms with van der Waals surface area (Å²) in [5, 5.41) is 3.28. The lowest BCUT2D eigenvalue weighted by molar-refractivity contribution is 0.0342. The topological polar surface area (TPSA) is 258 Å². The van der Waals surface area contributed by atoms with E-state index in [1.165, 1.54) is 62.1 Å². The minimum absolute atomic E-state index is 0.00130. The van der Waals surface area contributed by atoms with E-state index in [-0.39, 0.29) is 41.0 Å². The molecule has 0 atom stereocenters.